The van der Waals surface area contributed by atoms with Gasteiger partial charge in [-0.2, -0.15) is 0 Å². The third kappa shape index (κ3) is 3.23. The van der Waals surface area contributed by atoms with Crippen molar-refractivity contribution < 1.29 is 9.90 Å². The van der Waals surface area contributed by atoms with Crippen molar-refractivity contribution in [1.82, 2.24) is 4.98 Å². The Morgan fingerprint density at radius 3 is 2.95 bits per heavy atom. The molecule has 0 atom stereocenters. The van der Waals surface area contributed by atoms with Crippen LogP contribution in [0, 0.1) is 6.92 Å². The Labute approximate surface area is 116 Å². The van der Waals surface area contributed by atoms with Gasteiger partial charge in [0.1, 0.15) is 0 Å². The Morgan fingerprint density at radius 1 is 1.42 bits per heavy atom. The highest BCUT2D eigenvalue weighted by Gasteiger charge is 2.10. The van der Waals surface area contributed by atoms with Crippen molar-refractivity contribution >= 4 is 23.3 Å². The molecule has 0 unspecified atom stereocenters. The maximum absolute atomic E-state index is 11.1. The molecule has 0 aliphatic heterocycles. The highest BCUT2D eigenvalue weighted by molar-refractivity contribution is 6.33. The number of aryl methyl sites for hydroxylation is 1. The lowest BCUT2D eigenvalue weighted by Crippen LogP contribution is -2.09. The number of nitrogens with one attached hydrogen (secondary N) is 1. The van der Waals surface area contributed by atoms with Crippen LogP contribution in [0.15, 0.2) is 36.5 Å². The zero-order chi connectivity index (χ0) is 13.8. The predicted molar refractivity (Wildman–Crippen MR) is 74.7 cm³/mol. The van der Waals surface area contributed by atoms with Gasteiger partial charge in [0.25, 0.3) is 0 Å². The number of aromatic nitrogens is 1. The van der Waals surface area contributed by atoms with E-state index in [9.17, 15) is 4.79 Å². The molecule has 4 nitrogen and oxygen atoms in total. The van der Waals surface area contributed by atoms with Crippen LogP contribution in [0.25, 0.3) is 0 Å². The van der Waals surface area contributed by atoms with Gasteiger partial charge in [0.05, 0.1) is 28.5 Å². The standard InChI is InChI=1S/C14H13ClN2O2/c1-9-4-5-11(15)12(7-9)17-8-13-10(14(18)19)3-2-6-16-13/h2-7,17H,8H2,1H3,(H,18,19). The Hall–Kier alpha value is -2.07. The van der Waals surface area contributed by atoms with E-state index in [1.807, 2.05) is 19.1 Å². The zero-order valence-electron chi connectivity index (χ0n) is 10.4. The molecule has 1 heterocycles. The molecular formula is C14H13ClN2O2. The molecule has 0 radical (unpaired) electrons. The Balaban J connectivity index is 2.19. The monoisotopic (exact) mass is 276 g/mol. The van der Waals surface area contributed by atoms with Crippen molar-refractivity contribution in [3.63, 3.8) is 0 Å². The van der Waals surface area contributed by atoms with Crippen molar-refractivity contribution in [2.75, 3.05) is 5.32 Å². The molecule has 0 spiro atoms. The van der Waals surface area contributed by atoms with Crippen LogP contribution in [0.2, 0.25) is 5.02 Å². The van der Waals surface area contributed by atoms with Gasteiger partial charge >= 0.3 is 5.97 Å². The van der Waals surface area contributed by atoms with Crippen LogP contribution in [-0.4, -0.2) is 16.1 Å². The number of carboxylic acid groups (broad SMARTS) is 1. The summed E-state index contributed by atoms with van der Waals surface area (Å²) in [5.41, 5.74) is 2.52. The van der Waals surface area contributed by atoms with Gasteiger partial charge in [0.15, 0.2) is 0 Å². The molecule has 0 saturated heterocycles. The minimum Gasteiger partial charge on any atom is -0.478 e. The molecule has 0 aliphatic carbocycles. The SMILES string of the molecule is Cc1ccc(Cl)c(NCc2ncccc2C(=O)O)c1. The fraction of sp³-hybridized carbons (Fsp3) is 0.143. The summed E-state index contributed by atoms with van der Waals surface area (Å²) in [7, 11) is 0. The van der Waals surface area contributed by atoms with E-state index in [1.165, 1.54) is 6.07 Å². The summed E-state index contributed by atoms with van der Waals surface area (Å²) in [5.74, 6) is -0.986. The lowest BCUT2D eigenvalue weighted by molar-refractivity contribution is 0.0695. The number of nitrogens with zero attached hydrogens (tertiary/aromatic N) is 1. The lowest BCUT2D eigenvalue weighted by Gasteiger charge is -2.10. The number of pyridine rings is 1. The van der Waals surface area contributed by atoms with Gasteiger partial charge in [0, 0.05) is 6.20 Å². The molecule has 19 heavy (non-hydrogen) atoms. The first-order valence-corrected chi connectivity index (χ1v) is 6.13. The summed E-state index contributed by atoms with van der Waals surface area (Å²) in [5, 5.41) is 12.8. The van der Waals surface area contributed by atoms with Crippen LogP contribution >= 0.6 is 11.6 Å². The van der Waals surface area contributed by atoms with Gasteiger partial charge in [0.2, 0.25) is 0 Å². The van der Waals surface area contributed by atoms with Crippen LogP contribution in [0.4, 0.5) is 5.69 Å². The van der Waals surface area contributed by atoms with E-state index in [4.69, 9.17) is 16.7 Å². The number of hydrogen-bond donors (Lipinski definition) is 2. The second-order valence-electron chi connectivity index (χ2n) is 4.14. The van der Waals surface area contributed by atoms with Gasteiger partial charge in [-0.05, 0) is 36.8 Å². The van der Waals surface area contributed by atoms with Crippen molar-refractivity contribution in [2.24, 2.45) is 0 Å². The summed E-state index contributed by atoms with van der Waals surface area (Å²) in [4.78, 5) is 15.1. The second kappa shape index (κ2) is 5.71. The van der Waals surface area contributed by atoms with Crippen molar-refractivity contribution in [3.05, 3.63) is 58.4 Å². The van der Waals surface area contributed by atoms with E-state index in [-0.39, 0.29) is 5.56 Å². The van der Waals surface area contributed by atoms with Gasteiger partial charge in [-0.3, -0.25) is 4.98 Å². The quantitative estimate of drug-likeness (QED) is 0.899. The molecule has 1 aromatic carbocycles. The fourth-order valence-electron chi connectivity index (χ4n) is 1.73. The van der Waals surface area contributed by atoms with E-state index < -0.39 is 5.97 Å². The summed E-state index contributed by atoms with van der Waals surface area (Å²) >= 11 is 6.07. The van der Waals surface area contributed by atoms with E-state index >= 15 is 0 Å². The van der Waals surface area contributed by atoms with Crippen LogP contribution in [0.5, 0.6) is 0 Å². The summed E-state index contributed by atoms with van der Waals surface area (Å²) in [6, 6.07) is 8.76. The van der Waals surface area contributed by atoms with Crippen molar-refractivity contribution in [1.29, 1.82) is 0 Å². The van der Waals surface area contributed by atoms with Crippen LogP contribution in [0.1, 0.15) is 21.6 Å². The normalized spacial score (nSPS) is 10.2. The molecule has 0 bridgehead atoms. The summed E-state index contributed by atoms with van der Waals surface area (Å²) < 4.78 is 0. The fourth-order valence-corrected chi connectivity index (χ4v) is 1.91. The minimum absolute atomic E-state index is 0.193. The van der Waals surface area contributed by atoms with E-state index in [2.05, 4.69) is 10.3 Å². The molecule has 1 aromatic heterocycles. The van der Waals surface area contributed by atoms with Gasteiger partial charge < -0.3 is 10.4 Å². The number of anilines is 1. The molecule has 0 amide bonds. The predicted octanol–water partition coefficient (Wildman–Crippen LogP) is 3.35. The highest BCUT2D eigenvalue weighted by Crippen LogP contribution is 2.23. The minimum atomic E-state index is -0.986. The van der Waals surface area contributed by atoms with Crippen LogP contribution < -0.4 is 5.32 Å². The number of halogens is 1. The maximum Gasteiger partial charge on any atom is 0.337 e. The van der Waals surface area contributed by atoms with E-state index in [0.29, 0.717) is 17.3 Å². The largest absolute Gasteiger partial charge is 0.478 e. The van der Waals surface area contributed by atoms with Crippen LogP contribution in [0.3, 0.4) is 0 Å². The third-order valence-corrected chi connectivity index (χ3v) is 3.02. The molecule has 5 heteroatoms. The van der Waals surface area contributed by atoms with Crippen LogP contribution in [-0.2, 0) is 6.54 Å². The number of aromatic carboxylic acids is 1. The van der Waals surface area contributed by atoms with E-state index in [0.717, 1.165) is 11.3 Å². The Kier molecular flexibility index (Phi) is 4.02. The molecule has 0 aliphatic rings. The number of carboxylic acids is 1. The first-order chi connectivity index (χ1) is 9.08. The maximum atomic E-state index is 11.1. The third-order valence-electron chi connectivity index (χ3n) is 2.69. The number of benzene rings is 1. The molecule has 2 N–H and O–H groups in total. The van der Waals surface area contributed by atoms with Gasteiger partial charge in [-0.25, -0.2) is 4.79 Å². The van der Waals surface area contributed by atoms with E-state index in [1.54, 1.807) is 18.3 Å². The number of rotatable bonds is 4. The first-order valence-electron chi connectivity index (χ1n) is 5.75. The second-order valence-corrected chi connectivity index (χ2v) is 4.55. The Morgan fingerprint density at radius 2 is 2.21 bits per heavy atom. The molecule has 2 rings (SSSR count). The van der Waals surface area contributed by atoms with Gasteiger partial charge in [-0.1, -0.05) is 17.7 Å². The molecule has 0 saturated carbocycles. The topological polar surface area (TPSA) is 62.2 Å². The van der Waals surface area contributed by atoms with Crippen molar-refractivity contribution in [3.8, 4) is 0 Å². The highest BCUT2D eigenvalue weighted by atomic mass is 35.5. The smallest absolute Gasteiger partial charge is 0.337 e. The number of carbonyl (C=O) groups is 1. The summed E-state index contributed by atoms with van der Waals surface area (Å²) in [6.45, 7) is 2.27. The average molecular weight is 277 g/mol. The lowest BCUT2D eigenvalue weighted by atomic mass is 10.2. The average Bonchev–Trinajstić information content (AvgIpc) is 2.40. The Bertz CT molecular complexity index is 614. The number of hydrogen-bond acceptors (Lipinski definition) is 3. The molecule has 0 fully saturated rings. The molecular weight excluding hydrogens is 264 g/mol. The summed E-state index contributed by atoms with van der Waals surface area (Å²) in [6.07, 6.45) is 1.57. The first kappa shape index (κ1) is 13.4. The molecule has 2 aromatic rings. The zero-order valence-corrected chi connectivity index (χ0v) is 11.1. The molecule has 98 valence electrons. The van der Waals surface area contributed by atoms with Crippen molar-refractivity contribution in [2.45, 2.75) is 13.5 Å². The van der Waals surface area contributed by atoms with Gasteiger partial charge in [-0.15, -0.1) is 0 Å².